The number of imidazole rings is 1. The largest absolute Gasteiger partial charge is 0.497 e. The van der Waals surface area contributed by atoms with E-state index in [4.69, 9.17) is 10.5 Å². The third kappa shape index (κ3) is 2.89. The summed E-state index contributed by atoms with van der Waals surface area (Å²) in [4.78, 5) is 29.4. The number of benzene rings is 1. The molecule has 1 aliphatic carbocycles. The van der Waals surface area contributed by atoms with Crippen molar-refractivity contribution in [2.24, 2.45) is 11.7 Å². The Morgan fingerprint density at radius 1 is 1.30 bits per heavy atom. The van der Waals surface area contributed by atoms with Crippen LogP contribution in [0.15, 0.2) is 42.6 Å². The summed E-state index contributed by atoms with van der Waals surface area (Å²) >= 11 is 0. The molecule has 1 saturated heterocycles. The number of likely N-dealkylation sites (tertiary alicyclic amines) is 1. The second-order valence-electron chi connectivity index (χ2n) is 8.08. The van der Waals surface area contributed by atoms with E-state index in [1.54, 1.807) is 42.6 Å². The third-order valence-corrected chi connectivity index (χ3v) is 6.13. The minimum Gasteiger partial charge on any atom is -0.497 e. The number of rotatable bonds is 3. The van der Waals surface area contributed by atoms with E-state index in [0.717, 1.165) is 4.90 Å². The van der Waals surface area contributed by atoms with Gasteiger partial charge in [-0.2, -0.15) is 0 Å². The van der Waals surface area contributed by atoms with Crippen molar-refractivity contribution in [3.63, 3.8) is 0 Å². The maximum atomic E-state index is 14.0. The first-order valence-corrected chi connectivity index (χ1v) is 9.96. The number of piperidine rings is 1. The van der Waals surface area contributed by atoms with Gasteiger partial charge in [-0.25, -0.2) is 13.8 Å². The summed E-state index contributed by atoms with van der Waals surface area (Å²) in [5.41, 5.74) is 4.93. The van der Waals surface area contributed by atoms with Gasteiger partial charge in [0, 0.05) is 30.4 Å². The Morgan fingerprint density at radius 2 is 2.06 bits per heavy atom. The molecule has 1 aliphatic heterocycles. The average molecular weight is 452 g/mol. The number of aromatic nitrogens is 2. The van der Waals surface area contributed by atoms with Gasteiger partial charge in [0.2, 0.25) is 11.4 Å². The van der Waals surface area contributed by atoms with E-state index in [2.05, 4.69) is 16.8 Å². The van der Waals surface area contributed by atoms with Gasteiger partial charge in [0.05, 0.1) is 18.3 Å². The number of methoxy groups -OCH3 is 1. The summed E-state index contributed by atoms with van der Waals surface area (Å²) in [6.07, 6.45) is 1.61. The molecular formula is C23H18F2N4O4. The highest BCUT2D eigenvalue weighted by atomic mass is 19.3. The number of halogens is 2. The van der Waals surface area contributed by atoms with Crippen molar-refractivity contribution in [1.29, 1.82) is 0 Å². The van der Waals surface area contributed by atoms with Crippen LogP contribution in [0.4, 0.5) is 8.78 Å². The molecule has 1 saturated carbocycles. The number of pyridine rings is 1. The molecular weight excluding hydrogens is 434 g/mol. The van der Waals surface area contributed by atoms with Crippen LogP contribution in [0, 0.1) is 17.8 Å². The van der Waals surface area contributed by atoms with E-state index >= 15 is 0 Å². The van der Waals surface area contributed by atoms with Gasteiger partial charge in [-0.05, 0) is 18.2 Å². The fourth-order valence-corrected chi connectivity index (χ4v) is 4.45. The van der Waals surface area contributed by atoms with E-state index in [9.17, 15) is 23.5 Å². The maximum Gasteiger partial charge on any atom is 0.285 e. The number of alkyl halides is 2. The highest BCUT2D eigenvalue weighted by Gasteiger charge is 2.84. The molecule has 5 rings (SSSR count). The van der Waals surface area contributed by atoms with E-state index in [1.807, 2.05) is 0 Å². The molecule has 0 radical (unpaired) electrons. The quantitative estimate of drug-likeness (QED) is 0.582. The molecule has 0 bridgehead atoms. The Bertz CT molecular complexity index is 1410. The first-order chi connectivity index (χ1) is 15.6. The molecule has 10 heteroatoms. The minimum absolute atomic E-state index is 0.0232. The molecule has 2 fully saturated rings. The van der Waals surface area contributed by atoms with Gasteiger partial charge in [0.25, 0.3) is 17.7 Å². The summed E-state index contributed by atoms with van der Waals surface area (Å²) in [5.74, 6) is -0.698. The van der Waals surface area contributed by atoms with Crippen molar-refractivity contribution in [3.8, 4) is 28.8 Å². The zero-order chi connectivity index (χ0) is 23.7. The number of likely N-dealkylation sites (N-methyl/N-ethyl adjacent to an activating group) is 1. The normalized spacial score (nSPS) is 24.9. The topological polar surface area (TPSA) is 110 Å². The number of primary amides is 1. The molecule has 2 aliphatic rings. The molecule has 3 N–H and O–H groups in total. The van der Waals surface area contributed by atoms with Crippen LogP contribution in [0.25, 0.3) is 16.8 Å². The molecule has 3 atom stereocenters. The number of amides is 2. The first kappa shape index (κ1) is 20.9. The number of nitrogens with zero attached hydrogens (tertiary/aromatic N) is 3. The fourth-order valence-electron chi connectivity index (χ4n) is 4.45. The van der Waals surface area contributed by atoms with Gasteiger partial charge in [-0.3, -0.25) is 14.0 Å². The number of carbonyl (C=O) groups is 2. The summed E-state index contributed by atoms with van der Waals surface area (Å²) in [5, 5.41) is 10.7. The number of hydrogen-bond acceptors (Lipinski definition) is 5. The molecule has 3 heterocycles. The van der Waals surface area contributed by atoms with Crippen LogP contribution in [0.3, 0.4) is 0 Å². The lowest BCUT2D eigenvalue weighted by atomic mass is 9.98. The average Bonchev–Trinajstić information content (AvgIpc) is 3.09. The van der Waals surface area contributed by atoms with Crippen LogP contribution < -0.4 is 10.5 Å². The zero-order valence-corrected chi connectivity index (χ0v) is 17.5. The predicted molar refractivity (Wildman–Crippen MR) is 113 cm³/mol. The summed E-state index contributed by atoms with van der Waals surface area (Å²) in [7, 11) is 2.74. The Hall–Kier alpha value is -3.97. The summed E-state index contributed by atoms with van der Waals surface area (Å²) < 4.78 is 34.7. The minimum atomic E-state index is -3.17. The van der Waals surface area contributed by atoms with E-state index in [0.29, 0.717) is 28.1 Å². The standard InChI is InChI=1S/C23H18F2N4O4/c1-28-18-17(23(18,24)25)22(32,21(28)31)8-6-12-4-3-5-13(10-12)16-15-11-14(33-2)7-9-29(15)20(27-16)19(26)30/h3-5,7,9-11,17-18,32H,1-2H3,(H2,26,30). The van der Waals surface area contributed by atoms with Crippen molar-refractivity contribution in [2.75, 3.05) is 14.2 Å². The Kier molecular flexibility index (Phi) is 4.28. The van der Waals surface area contributed by atoms with Crippen molar-refractivity contribution in [1.82, 2.24) is 14.3 Å². The third-order valence-electron chi connectivity index (χ3n) is 6.13. The highest BCUT2D eigenvalue weighted by Crippen LogP contribution is 2.61. The molecule has 0 spiro atoms. The number of hydrogen-bond donors (Lipinski definition) is 2. The lowest BCUT2D eigenvalue weighted by Gasteiger charge is -2.21. The summed E-state index contributed by atoms with van der Waals surface area (Å²) in [6.45, 7) is 0. The highest BCUT2D eigenvalue weighted by molar-refractivity contribution is 5.95. The van der Waals surface area contributed by atoms with Crippen molar-refractivity contribution >= 4 is 17.3 Å². The fraction of sp³-hybridized carbons (Fsp3) is 0.261. The first-order valence-electron chi connectivity index (χ1n) is 9.96. The zero-order valence-electron chi connectivity index (χ0n) is 17.5. The van der Waals surface area contributed by atoms with Crippen LogP contribution in [-0.2, 0) is 4.79 Å². The second kappa shape index (κ2) is 6.76. The van der Waals surface area contributed by atoms with Crippen LogP contribution in [0.1, 0.15) is 16.2 Å². The van der Waals surface area contributed by atoms with Crippen molar-refractivity contribution in [3.05, 3.63) is 54.0 Å². The number of fused-ring (bicyclic) bond motifs is 2. The van der Waals surface area contributed by atoms with Gasteiger partial charge in [0.1, 0.15) is 17.7 Å². The molecule has 2 aromatic heterocycles. The molecule has 168 valence electrons. The SMILES string of the molecule is COc1ccn2c(C(N)=O)nc(-c3cccc(C#CC4(O)C(=O)N(C)C5C4C5(F)F)c3)c2c1. The van der Waals surface area contributed by atoms with E-state index in [1.165, 1.54) is 18.6 Å². The van der Waals surface area contributed by atoms with Crippen molar-refractivity contribution < 1.29 is 28.2 Å². The lowest BCUT2D eigenvalue weighted by Crippen LogP contribution is -2.46. The number of nitrogens with two attached hydrogens (primary N) is 1. The summed E-state index contributed by atoms with van der Waals surface area (Å²) in [6, 6.07) is 8.63. The Balaban J connectivity index is 1.57. The van der Waals surface area contributed by atoms with Gasteiger partial charge >= 0.3 is 0 Å². The monoisotopic (exact) mass is 452 g/mol. The smallest absolute Gasteiger partial charge is 0.285 e. The Labute approximate surface area is 186 Å². The number of aliphatic hydroxyl groups is 1. The molecule has 2 amide bonds. The van der Waals surface area contributed by atoms with E-state index in [-0.39, 0.29) is 5.82 Å². The Morgan fingerprint density at radius 3 is 2.73 bits per heavy atom. The second-order valence-corrected chi connectivity index (χ2v) is 8.08. The van der Waals surface area contributed by atoms with Crippen LogP contribution >= 0.6 is 0 Å². The predicted octanol–water partition coefficient (Wildman–Crippen LogP) is 1.30. The number of ether oxygens (including phenoxy) is 1. The molecule has 33 heavy (non-hydrogen) atoms. The van der Waals surface area contributed by atoms with Crippen molar-refractivity contribution in [2.45, 2.75) is 17.6 Å². The van der Waals surface area contributed by atoms with E-state index < -0.39 is 35.3 Å². The van der Waals surface area contributed by atoms with Crippen LogP contribution in [-0.4, -0.2) is 62.9 Å². The molecule has 1 aromatic carbocycles. The molecule has 8 nitrogen and oxygen atoms in total. The molecule has 3 unspecified atom stereocenters. The van der Waals surface area contributed by atoms with Gasteiger partial charge < -0.3 is 20.5 Å². The van der Waals surface area contributed by atoms with Gasteiger partial charge in [-0.15, -0.1) is 0 Å². The van der Waals surface area contributed by atoms with Crippen LogP contribution in [0.5, 0.6) is 5.75 Å². The van der Waals surface area contributed by atoms with Gasteiger partial charge in [0.15, 0.2) is 0 Å². The number of carbonyl (C=O) groups excluding carboxylic acids is 2. The van der Waals surface area contributed by atoms with Gasteiger partial charge in [-0.1, -0.05) is 24.0 Å². The lowest BCUT2D eigenvalue weighted by molar-refractivity contribution is -0.146. The van der Waals surface area contributed by atoms with Crippen LogP contribution in [0.2, 0.25) is 0 Å². The molecule has 3 aromatic rings. The maximum absolute atomic E-state index is 14.0.